The first-order chi connectivity index (χ1) is 11.1. The average Bonchev–Trinajstić information content (AvgIpc) is 3.06. The number of nitrogens with two attached hydrogens (primary N) is 1. The molecule has 0 spiro atoms. The van der Waals surface area contributed by atoms with Gasteiger partial charge >= 0.3 is 0 Å². The fourth-order valence-electron chi connectivity index (χ4n) is 3.08. The standard InChI is InChI=1S/C18H23N3OS/c1-3-15-11-23-17(20-15)13-5-4-8-21(10-13)18(22)16-9-14(19)7-6-12(16)2/h6-7,9,11,13H,3-5,8,10,19H2,1-2H3. The van der Waals surface area contributed by atoms with Crippen LogP contribution < -0.4 is 5.73 Å². The molecule has 0 bridgehead atoms. The number of hydrogen-bond acceptors (Lipinski definition) is 4. The number of hydrogen-bond donors (Lipinski definition) is 1. The SMILES string of the molecule is CCc1csc(C2CCCN(C(=O)c3cc(N)ccc3C)C2)n1. The maximum Gasteiger partial charge on any atom is 0.254 e. The van der Waals surface area contributed by atoms with E-state index in [0.29, 0.717) is 11.6 Å². The van der Waals surface area contributed by atoms with Crippen molar-refractivity contribution in [2.24, 2.45) is 0 Å². The molecule has 2 N–H and O–H groups in total. The lowest BCUT2D eigenvalue weighted by Crippen LogP contribution is -2.39. The molecule has 5 heteroatoms. The van der Waals surface area contributed by atoms with Gasteiger partial charge in [-0.25, -0.2) is 4.98 Å². The summed E-state index contributed by atoms with van der Waals surface area (Å²) < 4.78 is 0. The Labute approximate surface area is 141 Å². The van der Waals surface area contributed by atoms with E-state index >= 15 is 0 Å². The van der Waals surface area contributed by atoms with E-state index < -0.39 is 0 Å². The highest BCUT2D eigenvalue weighted by molar-refractivity contribution is 7.09. The van der Waals surface area contributed by atoms with Gasteiger partial charge in [0.05, 0.1) is 10.7 Å². The third kappa shape index (κ3) is 3.39. The Kier molecular flexibility index (Phi) is 4.66. The van der Waals surface area contributed by atoms with Gasteiger partial charge in [0.15, 0.2) is 0 Å². The van der Waals surface area contributed by atoms with Crippen molar-refractivity contribution >= 4 is 22.9 Å². The largest absolute Gasteiger partial charge is 0.399 e. The van der Waals surface area contributed by atoms with Crippen LogP contribution in [0, 0.1) is 6.92 Å². The van der Waals surface area contributed by atoms with E-state index in [1.807, 2.05) is 24.0 Å². The van der Waals surface area contributed by atoms with Crippen LogP contribution in [0.5, 0.6) is 0 Å². The summed E-state index contributed by atoms with van der Waals surface area (Å²) in [6.07, 6.45) is 3.10. The number of piperidine rings is 1. The van der Waals surface area contributed by atoms with Crippen LogP contribution in [0.25, 0.3) is 0 Å². The Bertz CT molecular complexity index is 710. The molecule has 1 aliphatic heterocycles. The number of anilines is 1. The molecule has 2 aromatic rings. The third-order valence-corrected chi connectivity index (χ3v) is 5.54. The van der Waals surface area contributed by atoms with Crippen LogP contribution in [0.1, 0.15) is 52.3 Å². The Hall–Kier alpha value is -1.88. The predicted molar refractivity (Wildman–Crippen MR) is 95.0 cm³/mol. The summed E-state index contributed by atoms with van der Waals surface area (Å²) in [5.74, 6) is 0.450. The fourth-order valence-corrected chi connectivity index (χ4v) is 4.11. The molecule has 1 atom stereocenters. The molecule has 0 radical (unpaired) electrons. The Morgan fingerprint density at radius 1 is 1.48 bits per heavy atom. The van der Waals surface area contributed by atoms with Crippen LogP contribution in [-0.4, -0.2) is 28.9 Å². The number of carbonyl (C=O) groups excluding carboxylic acids is 1. The maximum atomic E-state index is 12.9. The van der Waals surface area contributed by atoms with Gasteiger partial charge in [0.1, 0.15) is 0 Å². The minimum absolute atomic E-state index is 0.0896. The van der Waals surface area contributed by atoms with Gasteiger partial charge in [-0.3, -0.25) is 4.79 Å². The van der Waals surface area contributed by atoms with E-state index in [4.69, 9.17) is 10.7 Å². The van der Waals surface area contributed by atoms with E-state index in [1.54, 1.807) is 17.4 Å². The topological polar surface area (TPSA) is 59.2 Å². The van der Waals surface area contributed by atoms with Crippen molar-refractivity contribution < 1.29 is 4.79 Å². The van der Waals surface area contributed by atoms with Crippen molar-refractivity contribution in [1.82, 2.24) is 9.88 Å². The second-order valence-corrected chi connectivity index (χ2v) is 7.08. The van der Waals surface area contributed by atoms with Crippen molar-refractivity contribution in [2.45, 2.75) is 39.0 Å². The molecule has 23 heavy (non-hydrogen) atoms. The Balaban J connectivity index is 1.77. The van der Waals surface area contributed by atoms with Crippen molar-refractivity contribution in [3.8, 4) is 0 Å². The van der Waals surface area contributed by atoms with Gasteiger partial charge in [0.2, 0.25) is 0 Å². The number of carbonyl (C=O) groups is 1. The fraction of sp³-hybridized carbons (Fsp3) is 0.444. The van der Waals surface area contributed by atoms with Crippen molar-refractivity contribution in [3.05, 3.63) is 45.4 Å². The summed E-state index contributed by atoms with van der Waals surface area (Å²) in [7, 11) is 0. The predicted octanol–water partition coefficient (Wildman–Crippen LogP) is 3.62. The summed E-state index contributed by atoms with van der Waals surface area (Å²) in [6, 6.07) is 5.55. The highest BCUT2D eigenvalue weighted by atomic mass is 32.1. The number of aryl methyl sites for hydroxylation is 2. The minimum atomic E-state index is 0.0896. The van der Waals surface area contributed by atoms with E-state index in [-0.39, 0.29) is 5.91 Å². The van der Waals surface area contributed by atoms with Gasteiger partial charge in [0.25, 0.3) is 5.91 Å². The summed E-state index contributed by atoms with van der Waals surface area (Å²) in [5, 5.41) is 3.31. The monoisotopic (exact) mass is 329 g/mol. The second kappa shape index (κ2) is 6.71. The molecule has 122 valence electrons. The van der Waals surface area contributed by atoms with Crippen molar-refractivity contribution in [3.63, 3.8) is 0 Å². The lowest BCUT2D eigenvalue weighted by atomic mass is 9.97. The lowest BCUT2D eigenvalue weighted by molar-refractivity contribution is 0.0706. The zero-order chi connectivity index (χ0) is 16.4. The summed E-state index contributed by atoms with van der Waals surface area (Å²) in [6.45, 7) is 5.65. The summed E-state index contributed by atoms with van der Waals surface area (Å²) in [5.41, 5.74) is 9.35. The maximum absolute atomic E-state index is 12.9. The summed E-state index contributed by atoms with van der Waals surface area (Å²) >= 11 is 1.73. The molecule has 2 heterocycles. The molecule has 0 saturated carbocycles. The summed E-state index contributed by atoms with van der Waals surface area (Å²) in [4.78, 5) is 19.5. The molecule has 1 amide bonds. The van der Waals surface area contributed by atoms with Crippen LogP contribution >= 0.6 is 11.3 Å². The number of aromatic nitrogens is 1. The number of nitrogens with zero attached hydrogens (tertiary/aromatic N) is 2. The number of nitrogen functional groups attached to an aromatic ring is 1. The molecule has 1 fully saturated rings. The number of benzene rings is 1. The zero-order valence-corrected chi connectivity index (χ0v) is 14.5. The molecule has 0 aliphatic carbocycles. The Morgan fingerprint density at radius 2 is 2.30 bits per heavy atom. The lowest BCUT2D eigenvalue weighted by Gasteiger charge is -2.32. The average molecular weight is 329 g/mol. The molecule has 1 aromatic carbocycles. The molecule has 1 saturated heterocycles. The van der Waals surface area contributed by atoms with E-state index in [2.05, 4.69) is 12.3 Å². The number of likely N-dealkylation sites (tertiary alicyclic amines) is 1. The molecule has 1 aliphatic rings. The number of rotatable bonds is 3. The van der Waals surface area contributed by atoms with Crippen LogP contribution in [-0.2, 0) is 6.42 Å². The van der Waals surface area contributed by atoms with Gasteiger partial charge < -0.3 is 10.6 Å². The van der Waals surface area contributed by atoms with Crippen LogP contribution in [0.4, 0.5) is 5.69 Å². The molecular formula is C18H23N3OS. The van der Waals surface area contributed by atoms with Gasteiger partial charge in [0, 0.05) is 35.6 Å². The first kappa shape index (κ1) is 16.0. The van der Waals surface area contributed by atoms with Crippen LogP contribution in [0.2, 0.25) is 0 Å². The molecular weight excluding hydrogens is 306 g/mol. The highest BCUT2D eigenvalue weighted by Gasteiger charge is 2.27. The molecule has 1 aromatic heterocycles. The van der Waals surface area contributed by atoms with Gasteiger partial charge in [-0.2, -0.15) is 0 Å². The van der Waals surface area contributed by atoms with Gasteiger partial charge in [-0.05, 0) is 43.9 Å². The van der Waals surface area contributed by atoms with Gasteiger partial charge in [-0.15, -0.1) is 11.3 Å². The van der Waals surface area contributed by atoms with E-state index in [1.165, 1.54) is 5.01 Å². The molecule has 3 rings (SSSR count). The third-order valence-electron chi connectivity index (χ3n) is 4.48. The Morgan fingerprint density at radius 3 is 3.04 bits per heavy atom. The van der Waals surface area contributed by atoms with Crippen molar-refractivity contribution in [1.29, 1.82) is 0 Å². The van der Waals surface area contributed by atoms with Crippen LogP contribution in [0.3, 0.4) is 0 Å². The zero-order valence-electron chi connectivity index (χ0n) is 13.7. The van der Waals surface area contributed by atoms with E-state index in [9.17, 15) is 4.79 Å². The second-order valence-electron chi connectivity index (χ2n) is 6.20. The van der Waals surface area contributed by atoms with Crippen LogP contribution in [0.15, 0.2) is 23.6 Å². The van der Waals surface area contributed by atoms with E-state index in [0.717, 1.165) is 49.2 Å². The molecule has 1 unspecified atom stereocenters. The number of thiazole rings is 1. The highest BCUT2D eigenvalue weighted by Crippen LogP contribution is 2.30. The first-order valence-corrected chi connectivity index (χ1v) is 9.06. The smallest absolute Gasteiger partial charge is 0.254 e. The quantitative estimate of drug-likeness (QED) is 0.875. The minimum Gasteiger partial charge on any atom is -0.399 e. The first-order valence-electron chi connectivity index (χ1n) is 8.18. The molecule has 4 nitrogen and oxygen atoms in total. The van der Waals surface area contributed by atoms with Crippen molar-refractivity contribution in [2.75, 3.05) is 18.8 Å². The number of amides is 1. The van der Waals surface area contributed by atoms with Gasteiger partial charge in [-0.1, -0.05) is 13.0 Å². The normalized spacial score (nSPS) is 18.2.